The molecule has 0 unspecified atom stereocenters. The molecule has 2 aromatic rings. The largest absolute Gasteiger partial charge is 0.496 e. The summed E-state index contributed by atoms with van der Waals surface area (Å²) in [7, 11) is 5.60. The van der Waals surface area contributed by atoms with Gasteiger partial charge in [-0.1, -0.05) is 0 Å². The fourth-order valence-electron chi connectivity index (χ4n) is 2.07. The van der Waals surface area contributed by atoms with Gasteiger partial charge >= 0.3 is 0 Å². The van der Waals surface area contributed by atoms with Crippen LogP contribution >= 0.6 is 15.9 Å². The molecule has 0 radical (unpaired) electrons. The maximum Gasteiger partial charge on any atom is 0.251 e. The van der Waals surface area contributed by atoms with Gasteiger partial charge in [-0.3, -0.25) is 4.79 Å². The first-order valence-corrected chi connectivity index (χ1v) is 7.50. The fourth-order valence-corrected chi connectivity index (χ4v) is 2.48. The van der Waals surface area contributed by atoms with E-state index in [1.807, 2.05) is 20.2 Å². The molecule has 0 aliphatic carbocycles. The molecular weight excluding hydrogens is 336 g/mol. The summed E-state index contributed by atoms with van der Waals surface area (Å²) < 4.78 is 11.4. The van der Waals surface area contributed by atoms with Crippen LogP contribution in [0.1, 0.15) is 16.8 Å². The smallest absolute Gasteiger partial charge is 0.251 e. The van der Waals surface area contributed by atoms with E-state index in [0.717, 1.165) is 18.4 Å². The van der Waals surface area contributed by atoms with Crippen molar-refractivity contribution in [3.05, 3.63) is 28.4 Å². The van der Waals surface area contributed by atoms with Crippen molar-refractivity contribution in [1.82, 2.24) is 10.2 Å². The number of hydrogen-bond donors (Lipinski definition) is 1. The fraction of sp³-hybridized carbons (Fsp3) is 0.400. The zero-order valence-corrected chi connectivity index (χ0v) is 14.0. The molecule has 1 amide bonds. The van der Waals surface area contributed by atoms with Gasteiger partial charge in [-0.05, 0) is 55.1 Å². The Kier molecular flexibility index (Phi) is 5.25. The van der Waals surface area contributed by atoms with Crippen LogP contribution in [0.3, 0.4) is 0 Å². The first kappa shape index (κ1) is 15.9. The van der Waals surface area contributed by atoms with E-state index in [1.165, 1.54) is 0 Å². The van der Waals surface area contributed by atoms with Crippen molar-refractivity contribution in [2.75, 3.05) is 34.3 Å². The number of methoxy groups -OCH3 is 1. The number of carbonyl (C=O) groups excluding carboxylic acids is 1. The van der Waals surface area contributed by atoms with Gasteiger partial charge in [-0.2, -0.15) is 0 Å². The summed E-state index contributed by atoms with van der Waals surface area (Å²) in [5.74, 6) is 0.502. The van der Waals surface area contributed by atoms with Crippen molar-refractivity contribution in [1.29, 1.82) is 0 Å². The minimum atomic E-state index is -0.124. The molecule has 114 valence electrons. The summed E-state index contributed by atoms with van der Waals surface area (Å²) in [6, 6.07) is 5.28. The predicted octanol–water partition coefficient (Wildman–Crippen LogP) is 2.89. The summed E-state index contributed by atoms with van der Waals surface area (Å²) in [6.07, 6.45) is 0.907. The van der Waals surface area contributed by atoms with Crippen LogP contribution in [0.5, 0.6) is 5.75 Å². The highest BCUT2D eigenvalue weighted by Gasteiger charge is 2.13. The Morgan fingerprint density at radius 3 is 2.81 bits per heavy atom. The molecule has 0 saturated carbocycles. The quantitative estimate of drug-likeness (QED) is 0.810. The maximum absolute atomic E-state index is 12.2. The second-order valence-corrected chi connectivity index (χ2v) is 5.84. The van der Waals surface area contributed by atoms with E-state index in [0.29, 0.717) is 28.1 Å². The Hall–Kier alpha value is -1.53. The van der Waals surface area contributed by atoms with Gasteiger partial charge in [0.1, 0.15) is 11.3 Å². The first-order valence-electron chi connectivity index (χ1n) is 6.71. The van der Waals surface area contributed by atoms with E-state index in [2.05, 4.69) is 26.1 Å². The SMILES string of the molecule is COc1cc(C(=O)NCCCN(C)C)cc2oc(Br)cc12. The molecule has 0 saturated heterocycles. The summed E-state index contributed by atoms with van der Waals surface area (Å²) >= 11 is 3.29. The lowest BCUT2D eigenvalue weighted by Gasteiger charge is -2.10. The summed E-state index contributed by atoms with van der Waals surface area (Å²) in [5.41, 5.74) is 1.16. The van der Waals surface area contributed by atoms with Crippen molar-refractivity contribution in [2.45, 2.75) is 6.42 Å². The minimum Gasteiger partial charge on any atom is -0.496 e. The molecule has 1 aromatic heterocycles. The zero-order chi connectivity index (χ0) is 15.4. The molecule has 1 aromatic carbocycles. The topological polar surface area (TPSA) is 54.7 Å². The van der Waals surface area contributed by atoms with E-state index in [1.54, 1.807) is 19.2 Å². The van der Waals surface area contributed by atoms with Crippen molar-refractivity contribution in [3.8, 4) is 5.75 Å². The third kappa shape index (κ3) is 3.98. The number of nitrogens with zero attached hydrogens (tertiary/aromatic N) is 1. The molecule has 2 rings (SSSR count). The molecule has 21 heavy (non-hydrogen) atoms. The van der Waals surface area contributed by atoms with E-state index < -0.39 is 0 Å². The van der Waals surface area contributed by atoms with Gasteiger partial charge in [0.05, 0.1) is 12.5 Å². The van der Waals surface area contributed by atoms with Crippen LogP contribution < -0.4 is 10.1 Å². The monoisotopic (exact) mass is 354 g/mol. The Bertz CT molecular complexity index is 637. The molecule has 0 fully saturated rings. The molecule has 0 spiro atoms. The highest BCUT2D eigenvalue weighted by Crippen LogP contribution is 2.32. The van der Waals surface area contributed by atoms with Crippen molar-refractivity contribution in [2.24, 2.45) is 0 Å². The average Bonchev–Trinajstić information content (AvgIpc) is 2.82. The second kappa shape index (κ2) is 6.95. The number of nitrogens with one attached hydrogen (secondary N) is 1. The van der Waals surface area contributed by atoms with Gasteiger partial charge in [-0.25, -0.2) is 0 Å². The van der Waals surface area contributed by atoms with Crippen LogP contribution in [-0.2, 0) is 0 Å². The number of ether oxygens (including phenoxy) is 1. The van der Waals surface area contributed by atoms with Crippen LogP contribution in [0.2, 0.25) is 0 Å². The Balaban J connectivity index is 2.12. The van der Waals surface area contributed by atoms with Crippen molar-refractivity contribution >= 4 is 32.8 Å². The number of rotatable bonds is 6. The van der Waals surface area contributed by atoms with Gasteiger partial charge < -0.3 is 19.4 Å². The van der Waals surface area contributed by atoms with Crippen LogP contribution in [0.4, 0.5) is 0 Å². The molecule has 6 heteroatoms. The molecule has 1 N–H and O–H groups in total. The van der Waals surface area contributed by atoms with E-state index in [9.17, 15) is 4.79 Å². The molecule has 1 heterocycles. The molecule has 5 nitrogen and oxygen atoms in total. The lowest BCUT2D eigenvalue weighted by atomic mass is 10.1. The third-order valence-corrected chi connectivity index (χ3v) is 3.51. The van der Waals surface area contributed by atoms with Crippen LogP contribution in [0.15, 0.2) is 27.3 Å². The highest BCUT2D eigenvalue weighted by molar-refractivity contribution is 9.10. The van der Waals surface area contributed by atoms with E-state index in [4.69, 9.17) is 9.15 Å². The van der Waals surface area contributed by atoms with Gasteiger partial charge in [0.25, 0.3) is 5.91 Å². The number of amides is 1. The summed E-state index contributed by atoms with van der Waals surface area (Å²) in [5, 5.41) is 3.74. The van der Waals surface area contributed by atoms with E-state index in [-0.39, 0.29) is 5.91 Å². The van der Waals surface area contributed by atoms with Gasteiger partial charge in [0.15, 0.2) is 4.67 Å². The van der Waals surface area contributed by atoms with Crippen molar-refractivity contribution < 1.29 is 13.9 Å². The predicted molar refractivity (Wildman–Crippen MR) is 86.0 cm³/mol. The van der Waals surface area contributed by atoms with Crippen LogP contribution in [0, 0.1) is 0 Å². The lowest BCUT2D eigenvalue weighted by Crippen LogP contribution is -2.27. The Morgan fingerprint density at radius 2 is 2.14 bits per heavy atom. The number of halogens is 1. The second-order valence-electron chi connectivity index (χ2n) is 5.05. The highest BCUT2D eigenvalue weighted by atomic mass is 79.9. The number of benzene rings is 1. The Labute approximate surface area is 132 Å². The molecular formula is C15H19BrN2O3. The lowest BCUT2D eigenvalue weighted by molar-refractivity contribution is 0.0952. The normalized spacial score (nSPS) is 11.1. The van der Waals surface area contributed by atoms with Crippen molar-refractivity contribution in [3.63, 3.8) is 0 Å². The van der Waals surface area contributed by atoms with Gasteiger partial charge in [-0.15, -0.1) is 0 Å². The summed E-state index contributed by atoms with van der Waals surface area (Å²) in [6.45, 7) is 1.58. The summed E-state index contributed by atoms with van der Waals surface area (Å²) in [4.78, 5) is 14.3. The first-order chi connectivity index (χ1) is 10.0. The zero-order valence-electron chi connectivity index (χ0n) is 12.4. The van der Waals surface area contributed by atoms with E-state index >= 15 is 0 Å². The number of furan rings is 1. The third-order valence-electron chi connectivity index (χ3n) is 3.12. The Morgan fingerprint density at radius 1 is 1.38 bits per heavy atom. The standard InChI is InChI=1S/C15H19BrN2O3/c1-18(2)6-4-5-17-15(19)10-7-12(20-3)11-9-14(16)21-13(11)8-10/h7-9H,4-6H2,1-3H3,(H,17,19). The minimum absolute atomic E-state index is 0.124. The maximum atomic E-state index is 12.2. The van der Waals surface area contributed by atoms with Crippen LogP contribution in [0.25, 0.3) is 11.0 Å². The molecule has 0 bridgehead atoms. The molecule has 0 aliphatic heterocycles. The average molecular weight is 355 g/mol. The van der Waals surface area contributed by atoms with Gasteiger partial charge in [0.2, 0.25) is 0 Å². The molecule has 0 atom stereocenters. The van der Waals surface area contributed by atoms with Gasteiger partial charge in [0, 0.05) is 18.2 Å². The number of fused-ring (bicyclic) bond motifs is 1. The van der Waals surface area contributed by atoms with Crippen LogP contribution in [-0.4, -0.2) is 45.1 Å². The molecule has 0 aliphatic rings. The number of hydrogen-bond acceptors (Lipinski definition) is 4. The number of carbonyl (C=O) groups is 1.